The quantitative estimate of drug-likeness (QED) is 0.730. The molecule has 1 aromatic carbocycles. The van der Waals surface area contributed by atoms with Gasteiger partial charge in [-0.25, -0.2) is 0 Å². The molecule has 24 heavy (non-hydrogen) atoms. The average Bonchev–Trinajstić information content (AvgIpc) is 3.26. The highest BCUT2D eigenvalue weighted by Gasteiger charge is 2.28. The summed E-state index contributed by atoms with van der Waals surface area (Å²) in [4.78, 5) is 6.12. The van der Waals surface area contributed by atoms with Gasteiger partial charge in [0.2, 0.25) is 0 Å². The molecule has 0 spiro atoms. The molecule has 1 aliphatic carbocycles. The first-order valence-corrected chi connectivity index (χ1v) is 9.08. The third kappa shape index (κ3) is 2.55. The molecule has 0 radical (unpaired) electrons. The second kappa shape index (κ2) is 6.44. The van der Waals surface area contributed by atoms with Crippen LogP contribution >= 0.6 is 0 Å². The van der Waals surface area contributed by atoms with Gasteiger partial charge in [0.05, 0.1) is 0 Å². The van der Waals surface area contributed by atoms with Gasteiger partial charge in [0.25, 0.3) is 0 Å². The molecule has 4 nitrogen and oxygen atoms in total. The predicted molar refractivity (Wildman–Crippen MR) is 97.1 cm³/mol. The van der Waals surface area contributed by atoms with E-state index in [2.05, 4.69) is 47.2 Å². The number of hydrogen-bond donors (Lipinski definition) is 1. The summed E-state index contributed by atoms with van der Waals surface area (Å²) in [6, 6.07) is 6.89. The van der Waals surface area contributed by atoms with E-state index in [1.807, 2.05) is 6.07 Å². The van der Waals surface area contributed by atoms with Crippen LogP contribution in [0.1, 0.15) is 37.8 Å². The molecule has 0 bridgehead atoms. The number of aromatic amines is 1. The topological polar surface area (TPSA) is 45.1 Å². The minimum atomic E-state index is 0.574. The number of hydrogen-bond acceptors (Lipinski definition) is 3. The maximum Gasteiger partial charge on any atom is 0.124 e. The van der Waals surface area contributed by atoms with E-state index in [0.29, 0.717) is 6.04 Å². The van der Waals surface area contributed by atoms with Gasteiger partial charge in [-0.1, -0.05) is 25.1 Å². The summed E-state index contributed by atoms with van der Waals surface area (Å²) in [6.45, 7) is 6.89. The molecule has 0 amide bonds. The smallest absolute Gasteiger partial charge is 0.124 e. The van der Waals surface area contributed by atoms with Crippen molar-refractivity contribution in [1.82, 2.24) is 15.0 Å². The molecule has 1 aliphatic rings. The number of benzene rings is 1. The molecular formula is C20H25N3O. The van der Waals surface area contributed by atoms with Crippen molar-refractivity contribution >= 4 is 10.9 Å². The number of rotatable bonds is 6. The SMILES string of the molecule is CCCN(CCC)C1Cc2c[nH]c3ccc(-c4ccon4)c(c23)C1. The number of nitrogens with one attached hydrogen (secondary N) is 1. The molecule has 1 N–H and O–H groups in total. The first-order valence-electron chi connectivity index (χ1n) is 9.08. The Bertz CT molecular complexity index is 813. The predicted octanol–water partition coefficient (Wildman–Crippen LogP) is 4.41. The van der Waals surface area contributed by atoms with Crippen molar-refractivity contribution in [2.45, 2.75) is 45.6 Å². The highest BCUT2D eigenvalue weighted by molar-refractivity contribution is 5.93. The van der Waals surface area contributed by atoms with Crippen molar-refractivity contribution in [3.05, 3.63) is 41.8 Å². The Balaban J connectivity index is 1.78. The highest BCUT2D eigenvalue weighted by Crippen LogP contribution is 2.37. The first kappa shape index (κ1) is 15.5. The molecular weight excluding hydrogens is 298 g/mol. The number of nitrogens with zero attached hydrogens (tertiary/aromatic N) is 2. The van der Waals surface area contributed by atoms with Gasteiger partial charge in [0.15, 0.2) is 0 Å². The van der Waals surface area contributed by atoms with E-state index >= 15 is 0 Å². The Morgan fingerprint density at radius 1 is 1.17 bits per heavy atom. The zero-order valence-corrected chi connectivity index (χ0v) is 14.5. The Labute approximate surface area is 142 Å². The molecule has 2 aromatic heterocycles. The number of aromatic nitrogens is 2. The lowest BCUT2D eigenvalue weighted by molar-refractivity contribution is 0.192. The van der Waals surface area contributed by atoms with Crippen LogP contribution in [0.3, 0.4) is 0 Å². The van der Waals surface area contributed by atoms with Crippen LogP contribution in [-0.4, -0.2) is 34.2 Å². The summed E-state index contributed by atoms with van der Waals surface area (Å²) >= 11 is 0. The molecule has 4 rings (SSSR count). The monoisotopic (exact) mass is 323 g/mol. The van der Waals surface area contributed by atoms with Crippen LogP contribution in [0.15, 0.2) is 35.2 Å². The molecule has 0 saturated heterocycles. The van der Waals surface area contributed by atoms with Gasteiger partial charge in [0, 0.05) is 34.8 Å². The van der Waals surface area contributed by atoms with Crippen molar-refractivity contribution in [2.24, 2.45) is 0 Å². The van der Waals surface area contributed by atoms with Crippen LogP contribution in [0.2, 0.25) is 0 Å². The maximum atomic E-state index is 5.09. The summed E-state index contributed by atoms with van der Waals surface area (Å²) < 4.78 is 5.09. The van der Waals surface area contributed by atoms with Gasteiger partial charge in [-0.2, -0.15) is 0 Å². The van der Waals surface area contributed by atoms with Gasteiger partial charge in [-0.15, -0.1) is 0 Å². The summed E-state index contributed by atoms with van der Waals surface area (Å²) in [5, 5.41) is 5.59. The largest absolute Gasteiger partial charge is 0.364 e. The van der Waals surface area contributed by atoms with Crippen LogP contribution in [0.5, 0.6) is 0 Å². The molecule has 1 atom stereocenters. The summed E-state index contributed by atoms with van der Waals surface area (Å²) in [6.07, 6.45) is 8.49. The molecule has 0 aliphatic heterocycles. The van der Waals surface area contributed by atoms with Crippen LogP contribution in [0, 0.1) is 0 Å². The van der Waals surface area contributed by atoms with Gasteiger partial charge in [-0.3, -0.25) is 4.90 Å². The van der Waals surface area contributed by atoms with Crippen molar-refractivity contribution in [3.63, 3.8) is 0 Å². The molecule has 4 heteroatoms. The van der Waals surface area contributed by atoms with E-state index in [1.54, 1.807) is 6.26 Å². The van der Waals surface area contributed by atoms with Crippen molar-refractivity contribution in [3.8, 4) is 11.3 Å². The van der Waals surface area contributed by atoms with E-state index in [0.717, 1.165) is 18.5 Å². The summed E-state index contributed by atoms with van der Waals surface area (Å²) in [5.74, 6) is 0. The van der Waals surface area contributed by atoms with Crippen LogP contribution in [-0.2, 0) is 12.8 Å². The van der Waals surface area contributed by atoms with Gasteiger partial charge < -0.3 is 9.51 Å². The Morgan fingerprint density at radius 3 is 2.71 bits per heavy atom. The third-order valence-corrected chi connectivity index (χ3v) is 5.18. The summed E-state index contributed by atoms with van der Waals surface area (Å²) in [5.41, 5.74) is 6.26. The fourth-order valence-electron chi connectivity index (χ4n) is 4.21. The zero-order chi connectivity index (χ0) is 16.5. The maximum absolute atomic E-state index is 5.09. The zero-order valence-electron chi connectivity index (χ0n) is 14.5. The second-order valence-electron chi connectivity index (χ2n) is 6.81. The minimum absolute atomic E-state index is 0.574. The molecule has 126 valence electrons. The van der Waals surface area contributed by atoms with E-state index in [9.17, 15) is 0 Å². The molecule has 0 fully saturated rings. The Hall–Kier alpha value is -2.07. The molecule has 2 heterocycles. The lowest BCUT2D eigenvalue weighted by Gasteiger charge is -2.34. The normalized spacial score (nSPS) is 17.0. The highest BCUT2D eigenvalue weighted by atomic mass is 16.5. The van der Waals surface area contributed by atoms with E-state index in [4.69, 9.17) is 4.52 Å². The molecule has 1 unspecified atom stereocenters. The van der Waals surface area contributed by atoms with Crippen molar-refractivity contribution in [1.29, 1.82) is 0 Å². The minimum Gasteiger partial charge on any atom is -0.364 e. The molecule has 0 saturated carbocycles. The van der Waals surface area contributed by atoms with Crippen molar-refractivity contribution < 1.29 is 4.52 Å². The van der Waals surface area contributed by atoms with Crippen LogP contribution < -0.4 is 0 Å². The van der Waals surface area contributed by atoms with E-state index in [1.165, 1.54) is 53.5 Å². The first-order chi connectivity index (χ1) is 11.8. The van der Waals surface area contributed by atoms with Gasteiger partial charge in [-0.05, 0) is 56.0 Å². The lowest BCUT2D eigenvalue weighted by atomic mass is 9.84. The van der Waals surface area contributed by atoms with E-state index < -0.39 is 0 Å². The standard InChI is InChI=1S/C20H25N3O/c1-3-8-23(9-4-2)15-11-14-13-21-19-6-5-16(17(12-15)20(14)19)18-7-10-24-22-18/h5-7,10,13,15,21H,3-4,8-9,11-12H2,1-2H3. The van der Waals surface area contributed by atoms with Crippen LogP contribution in [0.4, 0.5) is 0 Å². The lowest BCUT2D eigenvalue weighted by Crippen LogP contribution is -2.41. The van der Waals surface area contributed by atoms with Crippen molar-refractivity contribution in [2.75, 3.05) is 13.1 Å². The fourth-order valence-corrected chi connectivity index (χ4v) is 4.21. The van der Waals surface area contributed by atoms with Gasteiger partial charge >= 0.3 is 0 Å². The Kier molecular flexibility index (Phi) is 4.15. The third-order valence-electron chi connectivity index (χ3n) is 5.18. The van der Waals surface area contributed by atoms with Gasteiger partial charge in [0.1, 0.15) is 12.0 Å². The second-order valence-corrected chi connectivity index (χ2v) is 6.81. The van der Waals surface area contributed by atoms with Crippen LogP contribution in [0.25, 0.3) is 22.2 Å². The average molecular weight is 323 g/mol. The van der Waals surface area contributed by atoms with E-state index in [-0.39, 0.29) is 0 Å². The molecule has 3 aromatic rings. The number of H-pyrrole nitrogens is 1. The Morgan fingerprint density at radius 2 is 2.00 bits per heavy atom. The fraction of sp³-hybridized carbons (Fsp3) is 0.450. The summed E-state index contributed by atoms with van der Waals surface area (Å²) in [7, 11) is 0.